The van der Waals surface area contributed by atoms with Gasteiger partial charge in [-0.05, 0) is 142 Å². The molecule has 1 fully saturated rings. The van der Waals surface area contributed by atoms with Gasteiger partial charge in [0.25, 0.3) is 0 Å². The highest BCUT2D eigenvalue weighted by molar-refractivity contribution is 5.19. The van der Waals surface area contributed by atoms with E-state index in [1.165, 1.54) is 102 Å². The van der Waals surface area contributed by atoms with Crippen molar-refractivity contribution in [2.45, 2.75) is 166 Å². The Kier molecular flexibility index (Phi) is 18.8. The standard InChI is InChI=1S/C45H80/c1-13-22-37(23-14-2)44(42(17-5)34(10)11)39(24-15-3)31-41-28-27-40(30-36(16-4)29-32(6)7)43(35(12)33(8)9)45(41)38-25-20-18-19-21-26-38/h16,18,20,31-33,35-40,42-45H,4,10,13-15,17,19,21-30H2,1-3,5-9,11-12H3. The first-order valence-electron chi connectivity index (χ1n) is 20.2. The van der Waals surface area contributed by atoms with E-state index >= 15 is 0 Å². The third kappa shape index (κ3) is 11.9. The monoisotopic (exact) mass is 621 g/mol. The molecule has 2 rings (SSSR count). The van der Waals surface area contributed by atoms with Crippen LogP contribution in [0.3, 0.4) is 0 Å². The minimum absolute atomic E-state index is 0.631. The Morgan fingerprint density at radius 1 is 0.933 bits per heavy atom. The third-order valence-corrected chi connectivity index (χ3v) is 12.6. The average molecular weight is 621 g/mol. The fraction of sp³-hybridized carbons (Fsp3) is 0.822. The van der Waals surface area contributed by atoms with Crippen LogP contribution in [-0.2, 0) is 0 Å². The minimum atomic E-state index is 0.631. The summed E-state index contributed by atoms with van der Waals surface area (Å²) in [5, 5.41) is 0. The molecule has 260 valence electrons. The topological polar surface area (TPSA) is 0 Å². The first-order valence-corrected chi connectivity index (χ1v) is 20.2. The van der Waals surface area contributed by atoms with Gasteiger partial charge < -0.3 is 0 Å². The number of allylic oxidation sites excluding steroid dienone is 6. The fourth-order valence-electron chi connectivity index (χ4n) is 10.3. The van der Waals surface area contributed by atoms with Gasteiger partial charge in [-0.25, -0.2) is 0 Å². The van der Waals surface area contributed by atoms with Crippen molar-refractivity contribution in [3.8, 4) is 0 Å². The van der Waals surface area contributed by atoms with Crippen LogP contribution in [0.1, 0.15) is 166 Å². The summed E-state index contributed by atoms with van der Waals surface area (Å²) in [6.07, 6.45) is 30.2. The smallest absolute Gasteiger partial charge is 0.0138 e. The number of hydrogen-bond acceptors (Lipinski definition) is 0. The lowest BCUT2D eigenvalue weighted by Crippen LogP contribution is -2.41. The predicted octanol–water partition coefficient (Wildman–Crippen LogP) is 14.7. The van der Waals surface area contributed by atoms with Crippen LogP contribution in [0.15, 0.2) is 48.6 Å². The Labute approximate surface area is 284 Å². The van der Waals surface area contributed by atoms with Crippen LogP contribution < -0.4 is 0 Å². The third-order valence-electron chi connectivity index (χ3n) is 12.6. The van der Waals surface area contributed by atoms with Gasteiger partial charge in [0.05, 0.1) is 0 Å². The van der Waals surface area contributed by atoms with E-state index in [-0.39, 0.29) is 0 Å². The highest BCUT2D eigenvalue weighted by Gasteiger charge is 2.44. The Bertz CT molecular complexity index is 878. The zero-order valence-corrected chi connectivity index (χ0v) is 32.3. The lowest BCUT2D eigenvalue weighted by Gasteiger charge is -2.49. The van der Waals surface area contributed by atoms with E-state index in [0.717, 1.165) is 53.3 Å². The molecule has 0 aromatic heterocycles. The van der Waals surface area contributed by atoms with Crippen LogP contribution in [0.25, 0.3) is 0 Å². The molecule has 0 radical (unpaired) electrons. The maximum atomic E-state index is 4.62. The van der Waals surface area contributed by atoms with Gasteiger partial charge in [-0.15, -0.1) is 6.58 Å². The molecule has 0 spiro atoms. The van der Waals surface area contributed by atoms with Gasteiger partial charge >= 0.3 is 0 Å². The van der Waals surface area contributed by atoms with Gasteiger partial charge in [-0.3, -0.25) is 0 Å². The van der Waals surface area contributed by atoms with E-state index in [2.05, 4.69) is 107 Å². The molecular weight excluding hydrogens is 540 g/mol. The van der Waals surface area contributed by atoms with Crippen LogP contribution in [0.4, 0.5) is 0 Å². The maximum Gasteiger partial charge on any atom is -0.0138 e. The van der Waals surface area contributed by atoms with Crippen molar-refractivity contribution < 1.29 is 0 Å². The first kappa shape index (κ1) is 40.1. The second kappa shape index (κ2) is 21.0. The Hall–Kier alpha value is -1.04. The molecule has 2 aliphatic rings. The van der Waals surface area contributed by atoms with Crippen LogP contribution in [0.2, 0.25) is 0 Å². The summed E-state index contributed by atoms with van der Waals surface area (Å²) in [4.78, 5) is 0. The molecule has 0 heterocycles. The van der Waals surface area contributed by atoms with Crippen molar-refractivity contribution in [3.63, 3.8) is 0 Å². The van der Waals surface area contributed by atoms with Crippen molar-refractivity contribution in [3.05, 3.63) is 48.6 Å². The summed E-state index contributed by atoms with van der Waals surface area (Å²) < 4.78 is 0. The van der Waals surface area contributed by atoms with Crippen molar-refractivity contribution >= 4 is 0 Å². The zero-order chi connectivity index (χ0) is 33.5. The molecule has 2 aliphatic carbocycles. The molecule has 9 atom stereocenters. The van der Waals surface area contributed by atoms with Gasteiger partial charge in [0.15, 0.2) is 0 Å². The van der Waals surface area contributed by atoms with Crippen molar-refractivity contribution in [2.75, 3.05) is 0 Å². The molecular formula is C45H80. The molecule has 0 nitrogen and oxygen atoms in total. The van der Waals surface area contributed by atoms with Crippen molar-refractivity contribution in [1.29, 1.82) is 0 Å². The van der Waals surface area contributed by atoms with E-state index in [4.69, 9.17) is 0 Å². The summed E-state index contributed by atoms with van der Waals surface area (Å²) in [5.74, 6) is 8.81. The molecule has 0 amide bonds. The minimum Gasteiger partial charge on any atom is -0.103 e. The summed E-state index contributed by atoms with van der Waals surface area (Å²) in [6, 6.07) is 0. The second-order valence-corrected chi connectivity index (χ2v) is 16.7. The van der Waals surface area contributed by atoms with Crippen LogP contribution >= 0.6 is 0 Å². The van der Waals surface area contributed by atoms with Crippen LogP contribution in [-0.4, -0.2) is 0 Å². The highest BCUT2D eigenvalue weighted by atomic mass is 14.5. The molecule has 9 unspecified atom stereocenters. The molecule has 0 aromatic carbocycles. The zero-order valence-electron chi connectivity index (χ0n) is 32.3. The molecule has 0 heteroatoms. The summed E-state index contributed by atoms with van der Waals surface area (Å²) in [5.41, 5.74) is 3.31. The van der Waals surface area contributed by atoms with Crippen LogP contribution in [0.5, 0.6) is 0 Å². The lowest BCUT2D eigenvalue weighted by atomic mass is 9.56. The van der Waals surface area contributed by atoms with Crippen LogP contribution in [0, 0.1) is 71.0 Å². The SMILES string of the molecule is C=CC(CC(C)C)CC1CCC(=CC(CCC)C(C(CCC)CCC)C(CC)C(=C)C)C(C2CC=CCCC2)C1C(C)C(C)C. The Balaban J connectivity index is 2.74. The molecule has 0 aliphatic heterocycles. The van der Waals surface area contributed by atoms with Gasteiger partial charge in [-0.1, -0.05) is 136 Å². The molecule has 0 bridgehead atoms. The van der Waals surface area contributed by atoms with Gasteiger partial charge in [0.2, 0.25) is 0 Å². The number of rotatable bonds is 20. The maximum absolute atomic E-state index is 4.62. The van der Waals surface area contributed by atoms with Gasteiger partial charge in [-0.2, -0.15) is 0 Å². The summed E-state index contributed by atoms with van der Waals surface area (Å²) in [7, 11) is 0. The van der Waals surface area contributed by atoms with E-state index in [9.17, 15) is 0 Å². The van der Waals surface area contributed by atoms with Crippen molar-refractivity contribution in [2.24, 2.45) is 71.0 Å². The van der Waals surface area contributed by atoms with Gasteiger partial charge in [0, 0.05) is 0 Å². The normalized spacial score (nSPS) is 27.0. The van der Waals surface area contributed by atoms with E-state index in [1.54, 1.807) is 0 Å². The summed E-state index contributed by atoms with van der Waals surface area (Å²) in [6.45, 7) is 33.5. The second-order valence-electron chi connectivity index (χ2n) is 16.7. The van der Waals surface area contributed by atoms with E-state index in [0.29, 0.717) is 17.8 Å². The fourth-order valence-corrected chi connectivity index (χ4v) is 10.3. The molecule has 0 N–H and O–H groups in total. The predicted molar refractivity (Wildman–Crippen MR) is 204 cm³/mol. The van der Waals surface area contributed by atoms with Gasteiger partial charge in [0.1, 0.15) is 0 Å². The number of hydrogen-bond donors (Lipinski definition) is 0. The first-order chi connectivity index (χ1) is 21.5. The quantitative estimate of drug-likeness (QED) is 0.119. The lowest BCUT2D eigenvalue weighted by molar-refractivity contribution is 0.0579. The molecule has 1 saturated carbocycles. The van der Waals surface area contributed by atoms with E-state index in [1.807, 2.05) is 5.57 Å². The van der Waals surface area contributed by atoms with Crippen molar-refractivity contribution in [1.82, 2.24) is 0 Å². The molecule has 0 saturated heterocycles. The summed E-state index contributed by atoms with van der Waals surface area (Å²) >= 11 is 0. The largest absolute Gasteiger partial charge is 0.103 e. The van der Waals surface area contributed by atoms with E-state index < -0.39 is 0 Å². The molecule has 0 aromatic rings. The highest BCUT2D eigenvalue weighted by Crippen LogP contribution is 2.53. The average Bonchev–Trinajstić information content (AvgIpc) is 3.28. The Morgan fingerprint density at radius 3 is 2.13 bits per heavy atom. The molecule has 45 heavy (non-hydrogen) atoms. The Morgan fingerprint density at radius 2 is 1.60 bits per heavy atom.